The molecular formula is C14H17F2NO3. The molecule has 20 heavy (non-hydrogen) atoms. The van der Waals surface area contributed by atoms with E-state index in [0.717, 1.165) is 12.8 Å². The van der Waals surface area contributed by atoms with Crippen molar-refractivity contribution in [1.29, 1.82) is 0 Å². The Bertz CT molecular complexity index is 489. The van der Waals surface area contributed by atoms with E-state index in [1.165, 1.54) is 13.2 Å². The smallest absolute Gasteiger partial charge is 0.387 e. The van der Waals surface area contributed by atoms with E-state index in [0.29, 0.717) is 11.6 Å². The molecule has 0 aliphatic heterocycles. The summed E-state index contributed by atoms with van der Waals surface area (Å²) in [6.07, 6.45) is 2.32. The van der Waals surface area contributed by atoms with Gasteiger partial charge in [0.15, 0.2) is 11.5 Å². The summed E-state index contributed by atoms with van der Waals surface area (Å²) in [5.41, 5.74) is 0.709. The molecule has 1 amide bonds. The van der Waals surface area contributed by atoms with E-state index < -0.39 is 6.61 Å². The van der Waals surface area contributed by atoms with Gasteiger partial charge in [0.1, 0.15) is 0 Å². The van der Waals surface area contributed by atoms with E-state index in [4.69, 9.17) is 4.74 Å². The first-order valence-corrected chi connectivity index (χ1v) is 6.38. The van der Waals surface area contributed by atoms with E-state index >= 15 is 0 Å². The van der Waals surface area contributed by atoms with Gasteiger partial charge in [-0.15, -0.1) is 0 Å². The fourth-order valence-electron chi connectivity index (χ4n) is 1.98. The number of amides is 1. The van der Waals surface area contributed by atoms with Gasteiger partial charge in [0, 0.05) is 13.1 Å². The molecule has 0 spiro atoms. The van der Waals surface area contributed by atoms with E-state index in [2.05, 4.69) is 4.74 Å². The number of alkyl halides is 2. The predicted molar refractivity (Wildman–Crippen MR) is 69.1 cm³/mol. The Morgan fingerprint density at radius 2 is 2.10 bits per heavy atom. The summed E-state index contributed by atoms with van der Waals surface area (Å²) < 4.78 is 33.8. The number of likely N-dealkylation sites (N-methyl/N-ethyl adjacent to an activating group) is 1. The maximum Gasteiger partial charge on any atom is 0.387 e. The molecule has 0 bridgehead atoms. The zero-order valence-corrected chi connectivity index (χ0v) is 11.4. The van der Waals surface area contributed by atoms with Gasteiger partial charge >= 0.3 is 6.61 Å². The molecule has 0 atom stereocenters. The second kappa shape index (κ2) is 6.07. The largest absolute Gasteiger partial charge is 0.493 e. The first-order chi connectivity index (χ1) is 9.51. The van der Waals surface area contributed by atoms with Crippen LogP contribution in [-0.4, -0.2) is 37.6 Å². The lowest BCUT2D eigenvalue weighted by Gasteiger charge is -2.17. The third kappa shape index (κ3) is 3.59. The maximum atomic E-state index is 12.2. The number of benzene rings is 1. The number of methoxy groups -OCH3 is 1. The lowest BCUT2D eigenvalue weighted by Crippen LogP contribution is -2.30. The number of carbonyl (C=O) groups excluding carboxylic acids is 1. The van der Waals surface area contributed by atoms with Gasteiger partial charge in [-0.25, -0.2) is 0 Å². The van der Waals surface area contributed by atoms with Gasteiger partial charge in [-0.1, -0.05) is 6.07 Å². The summed E-state index contributed by atoms with van der Waals surface area (Å²) in [6.45, 7) is -2.91. The SMILES string of the molecule is COc1cc(CC(=O)N(C)C2CC2)ccc1OC(F)F. The van der Waals surface area contributed by atoms with Gasteiger partial charge in [0.25, 0.3) is 0 Å². The highest BCUT2D eigenvalue weighted by atomic mass is 19.3. The van der Waals surface area contributed by atoms with Crippen molar-refractivity contribution < 1.29 is 23.0 Å². The van der Waals surface area contributed by atoms with Crippen LogP contribution in [0.25, 0.3) is 0 Å². The quantitative estimate of drug-likeness (QED) is 0.806. The van der Waals surface area contributed by atoms with Crippen molar-refractivity contribution in [2.24, 2.45) is 0 Å². The van der Waals surface area contributed by atoms with Gasteiger partial charge in [0.2, 0.25) is 5.91 Å². The van der Waals surface area contributed by atoms with Crippen LogP contribution in [0.15, 0.2) is 18.2 Å². The molecular weight excluding hydrogens is 268 g/mol. The van der Waals surface area contributed by atoms with Gasteiger partial charge in [0.05, 0.1) is 13.5 Å². The minimum atomic E-state index is -2.91. The molecule has 0 unspecified atom stereocenters. The predicted octanol–water partition coefficient (Wildman–Crippen LogP) is 2.46. The summed E-state index contributed by atoms with van der Waals surface area (Å²) >= 11 is 0. The third-order valence-electron chi connectivity index (χ3n) is 3.29. The van der Waals surface area contributed by atoms with Crippen LogP contribution < -0.4 is 9.47 Å². The van der Waals surface area contributed by atoms with Crippen LogP contribution >= 0.6 is 0 Å². The van der Waals surface area contributed by atoms with Crippen LogP contribution in [0, 0.1) is 0 Å². The number of ether oxygens (including phenoxy) is 2. The van der Waals surface area contributed by atoms with Crippen molar-refractivity contribution in [1.82, 2.24) is 4.90 Å². The topological polar surface area (TPSA) is 38.8 Å². The standard InChI is InChI=1S/C14H17F2NO3/c1-17(10-4-5-10)13(18)8-9-3-6-11(20-14(15)16)12(7-9)19-2/h3,6-7,10,14H,4-5,8H2,1-2H3. The van der Waals surface area contributed by atoms with Gasteiger partial charge in [-0.2, -0.15) is 8.78 Å². The Kier molecular flexibility index (Phi) is 4.42. The van der Waals surface area contributed by atoms with Crippen LogP contribution in [0.1, 0.15) is 18.4 Å². The molecule has 110 valence electrons. The molecule has 1 aromatic carbocycles. The molecule has 1 fully saturated rings. The molecule has 0 saturated heterocycles. The van der Waals surface area contributed by atoms with Crippen LogP contribution in [0.4, 0.5) is 8.78 Å². The Balaban J connectivity index is 2.06. The van der Waals surface area contributed by atoms with E-state index in [-0.39, 0.29) is 23.8 Å². The normalized spacial score (nSPS) is 14.2. The van der Waals surface area contributed by atoms with Crippen LogP contribution in [-0.2, 0) is 11.2 Å². The summed E-state index contributed by atoms with van der Waals surface area (Å²) in [5.74, 6) is 0.177. The van der Waals surface area contributed by atoms with Crippen molar-refractivity contribution in [3.63, 3.8) is 0 Å². The average Bonchev–Trinajstić information content (AvgIpc) is 3.23. The van der Waals surface area contributed by atoms with Crippen molar-refractivity contribution in [3.8, 4) is 11.5 Å². The Morgan fingerprint density at radius 1 is 1.40 bits per heavy atom. The van der Waals surface area contributed by atoms with Crippen LogP contribution in [0.3, 0.4) is 0 Å². The maximum absolute atomic E-state index is 12.2. The summed E-state index contributed by atoms with van der Waals surface area (Å²) in [7, 11) is 3.15. The number of carbonyl (C=O) groups is 1. The second-order valence-electron chi connectivity index (χ2n) is 4.78. The lowest BCUT2D eigenvalue weighted by atomic mass is 10.1. The van der Waals surface area contributed by atoms with Crippen molar-refractivity contribution in [2.75, 3.05) is 14.2 Å². The summed E-state index contributed by atoms with van der Waals surface area (Å²) in [5, 5.41) is 0. The second-order valence-corrected chi connectivity index (χ2v) is 4.78. The van der Waals surface area contributed by atoms with Crippen molar-refractivity contribution in [3.05, 3.63) is 23.8 Å². The summed E-state index contributed by atoms with van der Waals surface area (Å²) in [4.78, 5) is 13.7. The zero-order valence-electron chi connectivity index (χ0n) is 11.4. The zero-order chi connectivity index (χ0) is 14.7. The fourth-order valence-corrected chi connectivity index (χ4v) is 1.98. The van der Waals surface area contributed by atoms with E-state index in [1.807, 2.05) is 0 Å². The summed E-state index contributed by atoms with van der Waals surface area (Å²) in [6, 6.07) is 4.89. The minimum Gasteiger partial charge on any atom is -0.493 e. The molecule has 1 saturated carbocycles. The van der Waals surface area contributed by atoms with E-state index in [1.54, 1.807) is 24.1 Å². The first-order valence-electron chi connectivity index (χ1n) is 6.38. The fraction of sp³-hybridized carbons (Fsp3) is 0.500. The molecule has 0 radical (unpaired) electrons. The molecule has 0 N–H and O–H groups in total. The molecule has 0 heterocycles. The number of nitrogens with zero attached hydrogens (tertiary/aromatic N) is 1. The van der Waals surface area contributed by atoms with Gasteiger partial charge in [-0.3, -0.25) is 4.79 Å². The Morgan fingerprint density at radius 3 is 2.65 bits per heavy atom. The number of rotatable bonds is 6. The van der Waals surface area contributed by atoms with Crippen LogP contribution in [0.5, 0.6) is 11.5 Å². The number of hydrogen-bond donors (Lipinski definition) is 0. The lowest BCUT2D eigenvalue weighted by molar-refractivity contribution is -0.129. The highest BCUT2D eigenvalue weighted by Crippen LogP contribution is 2.30. The molecule has 2 rings (SSSR count). The Labute approximate surface area is 116 Å². The molecule has 0 aromatic heterocycles. The van der Waals surface area contributed by atoms with Crippen molar-refractivity contribution >= 4 is 5.91 Å². The molecule has 6 heteroatoms. The Hall–Kier alpha value is -1.85. The van der Waals surface area contributed by atoms with E-state index in [9.17, 15) is 13.6 Å². The molecule has 1 aromatic rings. The van der Waals surface area contributed by atoms with Gasteiger partial charge in [-0.05, 0) is 30.5 Å². The first kappa shape index (κ1) is 14.6. The number of hydrogen-bond acceptors (Lipinski definition) is 3. The molecule has 1 aliphatic rings. The van der Waals surface area contributed by atoms with Gasteiger partial charge < -0.3 is 14.4 Å². The highest BCUT2D eigenvalue weighted by Gasteiger charge is 2.29. The molecule has 1 aliphatic carbocycles. The minimum absolute atomic E-state index is 0.0112. The molecule has 4 nitrogen and oxygen atoms in total. The van der Waals surface area contributed by atoms with Crippen LogP contribution in [0.2, 0.25) is 0 Å². The third-order valence-corrected chi connectivity index (χ3v) is 3.29. The van der Waals surface area contributed by atoms with Crippen molar-refractivity contribution in [2.45, 2.75) is 31.9 Å². The highest BCUT2D eigenvalue weighted by molar-refractivity contribution is 5.79. The average molecular weight is 285 g/mol. The monoisotopic (exact) mass is 285 g/mol. The number of halogens is 2.